The fourth-order valence-electron chi connectivity index (χ4n) is 2.39. The average Bonchev–Trinajstić information content (AvgIpc) is 2.89. The molecule has 1 aliphatic heterocycles. The minimum Gasteiger partial charge on any atom is -0.444 e. The van der Waals surface area contributed by atoms with Crippen LogP contribution in [0.1, 0.15) is 33.6 Å². The smallest absolute Gasteiger partial charge is 0.410 e. The summed E-state index contributed by atoms with van der Waals surface area (Å²) >= 11 is 5.68. The lowest BCUT2D eigenvalue weighted by Gasteiger charge is -2.28. The van der Waals surface area contributed by atoms with Gasteiger partial charge in [0.05, 0.1) is 5.69 Å². The number of nitrogens with zero attached hydrogens (tertiary/aromatic N) is 1. The van der Waals surface area contributed by atoms with E-state index in [2.05, 4.69) is 5.32 Å². The number of nitrogens with one attached hydrogen (secondary N) is 1. The van der Waals surface area contributed by atoms with Gasteiger partial charge in [0.1, 0.15) is 17.5 Å². The van der Waals surface area contributed by atoms with Crippen LogP contribution in [0.25, 0.3) is 0 Å². The third-order valence-electron chi connectivity index (χ3n) is 3.37. The SMILES string of the molecule is CC(C)(C)OC(=O)N1CCC[C@@H]1C(=O)Nc1ccc(Cl)cc1F. The Bertz CT molecular complexity index is 616. The molecule has 2 amide bonds. The molecular weight excluding hydrogens is 323 g/mol. The molecule has 5 nitrogen and oxygen atoms in total. The zero-order valence-corrected chi connectivity index (χ0v) is 14.1. The molecule has 1 fully saturated rings. The molecule has 126 valence electrons. The number of ether oxygens (including phenoxy) is 1. The van der Waals surface area contributed by atoms with Crippen molar-refractivity contribution in [1.29, 1.82) is 0 Å². The van der Waals surface area contributed by atoms with Gasteiger partial charge in [-0.05, 0) is 51.8 Å². The predicted molar refractivity (Wildman–Crippen MR) is 86.0 cm³/mol. The maximum atomic E-state index is 13.8. The molecule has 1 atom stereocenters. The van der Waals surface area contributed by atoms with Gasteiger partial charge >= 0.3 is 6.09 Å². The van der Waals surface area contributed by atoms with Crippen molar-refractivity contribution < 1.29 is 18.7 Å². The molecule has 2 rings (SSSR count). The summed E-state index contributed by atoms with van der Waals surface area (Å²) in [5, 5.41) is 2.75. The van der Waals surface area contributed by atoms with Crippen LogP contribution in [0.2, 0.25) is 5.02 Å². The first-order valence-electron chi connectivity index (χ1n) is 7.43. The topological polar surface area (TPSA) is 58.6 Å². The minimum atomic E-state index is -0.667. The van der Waals surface area contributed by atoms with Crippen LogP contribution in [0.5, 0.6) is 0 Å². The molecule has 0 aromatic heterocycles. The summed E-state index contributed by atoms with van der Waals surface area (Å²) in [5.41, 5.74) is -0.598. The van der Waals surface area contributed by atoms with Crippen molar-refractivity contribution in [3.05, 3.63) is 29.0 Å². The molecule has 0 bridgehead atoms. The number of carbonyl (C=O) groups is 2. The molecule has 7 heteroatoms. The Morgan fingerprint density at radius 3 is 2.70 bits per heavy atom. The van der Waals surface area contributed by atoms with Gasteiger partial charge in [-0.15, -0.1) is 0 Å². The van der Waals surface area contributed by atoms with Crippen molar-refractivity contribution in [3.8, 4) is 0 Å². The van der Waals surface area contributed by atoms with E-state index in [1.165, 1.54) is 17.0 Å². The van der Waals surface area contributed by atoms with Crippen molar-refractivity contribution in [2.75, 3.05) is 11.9 Å². The molecule has 1 N–H and O–H groups in total. The summed E-state index contributed by atoms with van der Waals surface area (Å²) in [7, 11) is 0. The van der Waals surface area contributed by atoms with Crippen LogP contribution >= 0.6 is 11.6 Å². The normalized spacial score (nSPS) is 18.0. The maximum absolute atomic E-state index is 13.8. The van der Waals surface area contributed by atoms with Gasteiger partial charge in [-0.2, -0.15) is 0 Å². The van der Waals surface area contributed by atoms with Gasteiger partial charge in [-0.25, -0.2) is 9.18 Å². The van der Waals surface area contributed by atoms with Crippen molar-refractivity contribution in [2.45, 2.75) is 45.3 Å². The Morgan fingerprint density at radius 2 is 2.09 bits per heavy atom. The standard InChI is InChI=1S/C16H20ClFN2O3/c1-16(2,3)23-15(22)20-8-4-5-13(20)14(21)19-12-7-6-10(17)9-11(12)18/h6-7,9,13H,4-5,8H2,1-3H3,(H,19,21)/t13-/m1/s1. The van der Waals surface area contributed by atoms with Crippen molar-refractivity contribution in [1.82, 2.24) is 4.90 Å². The second kappa shape index (κ2) is 6.74. The molecule has 0 spiro atoms. The Morgan fingerprint density at radius 1 is 1.39 bits per heavy atom. The Kier molecular flexibility index (Phi) is 5.14. The second-order valence-corrected chi connectivity index (χ2v) is 6.88. The molecule has 1 aromatic carbocycles. The van der Waals surface area contributed by atoms with Crippen molar-refractivity contribution in [2.24, 2.45) is 0 Å². The summed E-state index contributed by atoms with van der Waals surface area (Å²) in [6.07, 6.45) is 0.674. The van der Waals surface area contributed by atoms with E-state index in [0.717, 1.165) is 6.07 Å². The maximum Gasteiger partial charge on any atom is 0.410 e. The first kappa shape index (κ1) is 17.5. The van der Waals surface area contributed by atoms with Gasteiger partial charge < -0.3 is 10.1 Å². The highest BCUT2D eigenvalue weighted by atomic mass is 35.5. The van der Waals surface area contributed by atoms with Crippen LogP contribution in [0.4, 0.5) is 14.9 Å². The number of amides is 2. The molecule has 1 heterocycles. The number of anilines is 1. The van der Waals surface area contributed by atoms with Gasteiger partial charge in [0.25, 0.3) is 0 Å². The van der Waals surface area contributed by atoms with Gasteiger partial charge in [-0.3, -0.25) is 9.69 Å². The predicted octanol–water partition coefficient (Wildman–Crippen LogP) is 3.82. The number of halogens is 2. The van der Waals surface area contributed by atoms with Crippen LogP contribution in [0.15, 0.2) is 18.2 Å². The Labute approximate surface area is 139 Å². The Hall–Kier alpha value is -1.82. The van der Waals surface area contributed by atoms with Crippen molar-refractivity contribution >= 4 is 29.3 Å². The van der Waals surface area contributed by atoms with Gasteiger partial charge in [0, 0.05) is 11.6 Å². The summed E-state index contributed by atoms with van der Waals surface area (Å²) < 4.78 is 19.1. The molecule has 0 saturated carbocycles. The molecule has 1 aromatic rings. The molecular formula is C16H20ClFN2O3. The summed E-state index contributed by atoms with van der Waals surface area (Å²) in [4.78, 5) is 25.9. The summed E-state index contributed by atoms with van der Waals surface area (Å²) in [5.74, 6) is -1.05. The van der Waals surface area contributed by atoms with Crippen molar-refractivity contribution in [3.63, 3.8) is 0 Å². The first-order chi connectivity index (χ1) is 10.7. The van der Waals surface area contributed by atoms with E-state index >= 15 is 0 Å². The molecule has 0 aliphatic carbocycles. The van der Waals surface area contributed by atoms with Gasteiger partial charge in [0.15, 0.2) is 0 Å². The number of hydrogen-bond acceptors (Lipinski definition) is 3. The minimum absolute atomic E-state index is 0.0374. The van der Waals surface area contributed by atoms with Crippen LogP contribution in [0, 0.1) is 5.82 Å². The zero-order chi connectivity index (χ0) is 17.2. The number of rotatable bonds is 2. The van der Waals surface area contributed by atoms with E-state index in [4.69, 9.17) is 16.3 Å². The Balaban J connectivity index is 2.07. The molecule has 0 unspecified atom stereocenters. The van der Waals surface area contributed by atoms with E-state index in [9.17, 15) is 14.0 Å². The van der Waals surface area contributed by atoms with Crippen LogP contribution in [-0.2, 0) is 9.53 Å². The fraction of sp³-hybridized carbons (Fsp3) is 0.500. The van der Waals surface area contributed by atoms with E-state index in [-0.39, 0.29) is 10.7 Å². The second-order valence-electron chi connectivity index (χ2n) is 6.45. The quantitative estimate of drug-likeness (QED) is 0.889. The summed E-state index contributed by atoms with van der Waals surface area (Å²) in [6.45, 7) is 5.73. The molecule has 0 radical (unpaired) electrons. The lowest BCUT2D eigenvalue weighted by atomic mass is 10.2. The number of carbonyl (C=O) groups excluding carboxylic acids is 2. The number of likely N-dealkylation sites (tertiary alicyclic amines) is 1. The monoisotopic (exact) mass is 342 g/mol. The van der Waals surface area contributed by atoms with E-state index in [0.29, 0.717) is 19.4 Å². The lowest BCUT2D eigenvalue weighted by Crippen LogP contribution is -2.45. The highest BCUT2D eigenvalue weighted by molar-refractivity contribution is 6.30. The van der Waals surface area contributed by atoms with Gasteiger partial charge in [-0.1, -0.05) is 11.6 Å². The number of hydrogen-bond donors (Lipinski definition) is 1. The molecule has 1 saturated heterocycles. The zero-order valence-electron chi connectivity index (χ0n) is 13.4. The summed E-state index contributed by atoms with van der Waals surface area (Å²) in [6, 6.07) is 3.33. The lowest BCUT2D eigenvalue weighted by molar-refractivity contribution is -0.120. The van der Waals surface area contributed by atoms with Crippen LogP contribution < -0.4 is 5.32 Å². The fourth-order valence-corrected chi connectivity index (χ4v) is 2.54. The first-order valence-corrected chi connectivity index (χ1v) is 7.81. The highest BCUT2D eigenvalue weighted by Gasteiger charge is 2.36. The largest absolute Gasteiger partial charge is 0.444 e. The van der Waals surface area contributed by atoms with Gasteiger partial charge in [0.2, 0.25) is 5.91 Å². The molecule has 1 aliphatic rings. The van der Waals surface area contributed by atoms with Crippen LogP contribution in [-0.4, -0.2) is 35.1 Å². The molecule has 23 heavy (non-hydrogen) atoms. The highest BCUT2D eigenvalue weighted by Crippen LogP contribution is 2.24. The van der Waals surface area contributed by atoms with Crippen LogP contribution in [0.3, 0.4) is 0 Å². The van der Waals surface area contributed by atoms with E-state index < -0.39 is 29.5 Å². The third kappa shape index (κ3) is 4.58. The van der Waals surface area contributed by atoms with E-state index in [1.54, 1.807) is 20.8 Å². The van der Waals surface area contributed by atoms with E-state index in [1.807, 2.05) is 0 Å². The average molecular weight is 343 g/mol. The third-order valence-corrected chi connectivity index (χ3v) is 3.61. The number of benzene rings is 1.